The second kappa shape index (κ2) is 13.5. The van der Waals surface area contributed by atoms with Gasteiger partial charge < -0.3 is 28.4 Å². The van der Waals surface area contributed by atoms with E-state index in [0.29, 0.717) is 26.4 Å². The Labute approximate surface area is 207 Å². The molecule has 0 radical (unpaired) electrons. The first kappa shape index (κ1) is 25.5. The van der Waals surface area contributed by atoms with Crippen molar-refractivity contribution in [3.8, 4) is 0 Å². The van der Waals surface area contributed by atoms with Crippen LogP contribution in [0.25, 0.3) is 0 Å². The Balaban J connectivity index is 1.50. The zero-order chi connectivity index (χ0) is 24.3. The van der Waals surface area contributed by atoms with Gasteiger partial charge in [-0.3, -0.25) is 0 Å². The van der Waals surface area contributed by atoms with E-state index in [2.05, 4.69) is 0 Å². The van der Waals surface area contributed by atoms with Crippen molar-refractivity contribution in [1.82, 2.24) is 0 Å². The molecule has 0 unspecified atom stereocenters. The standard InChI is InChI=1S/C29H34O6/c1-30-29(31-2)28-27(34-20-24-16-10-5-11-17-24)26(33-19-23-14-8-4-9-15-23)25(35-28)21-32-18-22-12-6-3-7-13-22/h3-17,25-29H,18-21H2,1-2H3/t25-,26+,27+,28+/m1/s1. The van der Waals surface area contributed by atoms with E-state index < -0.39 is 18.5 Å². The second-order valence-electron chi connectivity index (χ2n) is 8.50. The van der Waals surface area contributed by atoms with Gasteiger partial charge in [0.05, 0.1) is 26.4 Å². The minimum atomic E-state index is -0.599. The number of hydrogen-bond donors (Lipinski definition) is 0. The van der Waals surface area contributed by atoms with Gasteiger partial charge in [-0.05, 0) is 16.7 Å². The molecule has 0 saturated carbocycles. The van der Waals surface area contributed by atoms with E-state index in [1.165, 1.54) is 0 Å². The van der Waals surface area contributed by atoms with E-state index in [-0.39, 0.29) is 12.2 Å². The normalized spacial score (nSPS) is 22.0. The molecule has 1 aliphatic rings. The Morgan fingerprint density at radius 1 is 0.629 bits per heavy atom. The highest BCUT2D eigenvalue weighted by Gasteiger charge is 2.50. The van der Waals surface area contributed by atoms with Gasteiger partial charge in [-0.1, -0.05) is 91.0 Å². The van der Waals surface area contributed by atoms with Crippen LogP contribution < -0.4 is 0 Å². The van der Waals surface area contributed by atoms with Crippen LogP contribution in [0.3, 0.4) is 0 Å². The van der Waals surface area contributed by atoms with Gasteiger partial charge in [0, 0.05) is 14.2 Å². The molecule has 0 bridgehead atoms. The molecule has 6 heteroatoms. The highest BCUT2D eigenvalue weighted by Crippen LogP contribution is 2.32. The molecule has 0 spiro atoms. The van der Waals surface area contributed by atoms with Gasteiger partial charge in [0.25, 0.3) is 0 Å². The summed E-state index contributed by atoms with van der Waals surface area (Å²) in [5, 5.41) is 0. The van der Waals surface area contributed by atoms with E-state index in [1.54, 1.807) is 14.2 Å². The monoisotopic (exact) mass is 478 g/mol. The van der Waals surface area contributed by atoms with Crippen molar-refractivity contribution in [3.63, 3.8) is 0 Å². The maximum atomic E-state index is 6.43. The summed E-state index contributed by atoms with van der Waals surface area (Å²) in [6.45, 7) is 1.71. The summed E-state index contributed by atoms with van der Waals surface area (Å²) in [5.41, 5.74) is 3.26. The first-order valence-electron chi connectivity index (χ1n) is 11.9. The first-order valence-corrected chi connectivity index (χ1v) is 11.9. The topological polar surface area (TPSA) is 55.4 Å². The van der Waals surface area contributed by atoms with Crippen molar-refractivity contribution in [1.29, 1.82) is 0 Å². The summed E-state index contributed by atoms with van der Waals surface area (Å²) in [6, 6.07) is 30.2. The van der Waals surface area contributed by atoms with Crippen LogP contribution in [0.1, 0.15) is 16.7 Å². The van der Waals surface area contributed by atoms with Crippen molar-refractivity contribution in [2.75, 3.05) is 20.8 Å². The Bertz CT molecular complexity index is 964. The third kappa shape index (κ3) is 7.21. The maximum absolute atomic E-state index is 6.43. The Kier molecular flexibility index (Phi) is 9.84. The fourth-order valence-electron chi connectivity index (χ4n) is 4.27. The SMILES string of the molecule is COC(OC)[C@H]1O[C@H](COCc2ccccc2)[C@H](OCc2ccccc2)[C@@H]1OCc1ccccc1. The van der Waals surface area contributed by atoms with Gasteiger partial charge in [0.15, 0.2) is 6.29 Å². The number of hydrogen-bond acceptors (Lipinski definition) is 6. The van der Waals surface area contributed by atoms with Gasteiger partial charge in [-0.15, -0.1) is 0 Å². The first-order chi connectivity index (χ1) is 17.3. The van der Waals surface area contributed by atoms with Crippen LogP contribution in [0.2, 0.25) is 0 Å². The van der Waals surface area contributed by atoms with Gasteiger partial charge in [-0.2, -0.15) is 0 Å². The largest absolute Gasteiger partial charge is 0.374 e. The molecular weight excluding hydrogens is 444 g/mol. The molecule has 1 fully saturated rings. The molecule has 0 amide bonds. The van der Waals surface area contributed by atoms with Crippen LogP contribution in [-0.4, -0.2) is 51.5 Å². The minimum absolute atomic E-state index is 0.346. The smallest absolute Gasteiger partial charge is 0.185 e. The zero-order valence-electron chi connectivity index (χ0n) is 20.3. The van der Waals surface area contributed by atoms with Gasteiger partial charge in [0.1, 0.15) is 24.4 Å². The van der Waals surface area contributed by atoms with E-state index in [9.17, 15) is 0 Å². The van der Waals surface area contributed by atoms with E-state index >= 15 is 0 Å². The summed E-state index contributed by atoms with van der Waals surface area (Å²) < 4.78 is 36.5. The Morgan fingerprint density at radius 3 is 1.57 bits per heavy atom. The highest BCUT2D eigenvalue weighted by molar-refractivity contribution is 5.15. The Hall–Kier alpha value is -2.58. The Morgan fingerprint density at radius 2 is 1.09 bits per heavy atom. The lowest BCUT2D eigenvalue weighted by Crippen LogP contribution is -2.43. The molecule has 1 aliphatic heterocycles. The lowest BCUT2D eigenvalue weighted by Gasteiger charge is -2.28. The molecule has 3 aromatic rings. The maximum Gasteiger partial charge on any atom is 0.185 e. The van der Waals surface area contributed by atoms with Crippen LogP contribution >= 0.6 is 0 Å². The number of ether oxygens (including phenoxy) is 6. The van der Waals surface area contributed by atoms with E-state index in [4.69, 9.17) is 28.4 Å². The van der Waals surface area contributed by atoms with Crippen molar-refractivity contribution < 1.29 is 28.4 Å². The molecule has 186 valence electrons. The van der Waals surface area contributed by atoms with Crippen molar-refractivity contribution >= 4 is 0 Å². The van der Waals surface area contributed by atoms with Gasteiger partial charge in [-0.25, -0.2) is 0 Å². The van der Waals surface area contributed by atoms with Crippen LogP contribution in [-0.2, 0) is 48.2 Å². The highest BCUT2D eigenvalue weighted by atomic mass is 16.7. The van der Waals surface area contributed by atoms with Crippen molar-refractivity contribution in [3.05, 3.63) is 108 Å². The van der Waals surface area contributed by atoms with Crippen LogP contribution in [0.15, 0.2) is 91.0 Å². The second-order valence-corrected chi connectivity index (χ2v) is 8.50. The predicted octanol–water partition coefficient (Wildman–Crippen LogP) is 4.76. The molecule has 35 heavy (non-hydrogen) atoms. The zero-order valence-corrected chi connectivity index (χ0v) is 20.3. The van der Waals surface area contributed by atoms with Crippen molar-refractivity contribution in [2.45, 2.75) is 50.5 Å². The third-order valence-electron chi connectivity index (χ3n) is 6.04. The minimum Gasteiger partial charge on any atom is -0.374 e. The molecule has 4 atom stereocenters. The lowest BCUT2D eigenvalue weighted by atomic mass is 10.1. The molecule has 4 rings (SSSR count). The predicted molar refractivity (Wildman–Crippen MR) is 133 cm³/mol. The van der Waals surface area contributed by atoms with Crippen LogP contribution in [0.4, 0.5) is 0 Å². The molecule has 0 aromatic heterocycles. The van der Waals surface area contributed by atoms with Crippen molar-refractivity contribution in [2.24, 2.45) is 0 Å². The number of rotatable bonds is 13. The number of methoxy groups -OCH3 is 2. The fourth-order valence-corrected chi connectivity index (χ4v) is 4.27. The van der Waals surface area contributed by atoms with Crippen LogP contribution in [0, 0.1) is 0 Å². The molecule has 1 heterocycles. The van der Waals surface area contributed by atoms with E-state index in [1.807, 2.05) is 91.0 Å². The summed E-state index contributed by atoms with van der Waals surface area (Å²) >= 11 is 0. The molecule has 6 nitrogen and oxygen atoms in total. The third-order valence-corrected chi connectivity index (χ3v) is 6.04. The average molecular weight is 479 g/mol. The average Bonchev–Trinajstić information content (AvgIpc) is 3.25. The quantitative estimate of drug-likeness (QED) is 0.330. The number of benzene rings is 3. The van der Waals surface area contributed by atoms with E-state index in [0.717, 1.165) is 16.7 Å². The molecular formula is C29H34O6. The van der Waals surface area contributed by atoms with Gasteiger partial charge in [0.2, 0.25) is 0 Å². The lowest BCUT2D eigenvalue weighted by molar-refractivity contribution is -0.202. The fraction of sp³-hybridized carbons (Fsp3) is 0.379. The molecule has 1 saturated heterocycles. The summed E-state index contributed by atoms with van der Waals surface area (Å²) in [4.78, 5) is 0. The van der Waals surface area contributed by atoms with Gasteiger partial charge >= 0.3 is 0 Å². The van der Waals surface area contributed by atoms with Crippen LogP contribution in [0.5, 0.6) is 0 Å². The molecule has 3 aromatic carbocycles. The molecule has 0 N–H and O–H groups in total. The summed E-state index contributed by atoms with van der Waals surface area (Å²) in [5.74, 6) is 0. The summed E-state index contributed by atoms with van der Waals surface area (Å²) in [6.07, 6.45) is -2.19. The summed E-state index contributed by atoms with van der Waals surface area (Å²) in [7, 11) is 3.20. The molecule has 0 aliphatic carbocycles.